The van der Waals surface area contributed by atoms with Crippen molar-refractivity contribution in [1.29, 1.82) is 0 Å². The van der Waals surface area contributed by atoms with E-state index in [-0.39, 0.29) is 48.4 Å². The average Bonchev–Trinajstić information content (AvgIpc) is 2.84. The second kappa shape index (κ2) is 3.22. The summed E-state index contributed by atoms with van der Waals surface area (Å²) in [5.74, 6) is -2.16. The Morgan fingerprint density at radius 3 is 2.79 bits per heavy atom. The zero-order chi connectivity index (χ0) is 13.4. The fourth-order valence-corrected chi connectivity index (χ4v) is 4.27. The number of hydrogen-bond acceptors (Lipinski definition) is 5. The number of Topliss-reactive ketones (excluding diaryl/α,β-unsaturated/α-hetero) is 2. The summed E-state index contributed by atoms with van der Waals surface area (Å²) < 4.78 is 5.71. The molecule has 5 heteroatoms. The molecule has 0 aromatic heterocycles. The first-order chi connectivity index (χ1) is 8.92. The van der Waals surface area contributed by atoms with Crippen molar-refractivity contribution in [3.05, 3.63) is 11.6 Å². The van der Waals surface area contributed by atoms with Gasteiger partial charge >= 0.3 is 0 Å². The minimum Gasteiger partial charge on any atom is -0.365 e. The van der Waals surface area contributed by atoms with Gasteiger partial charge in [-0.05, 0) is 12.0 Å². The van der Waals surface area contributed by atoms with E-state index < -0.39 is 11.4 Å². The number of aliphatic hydroxyl groups is 1. The van der Waals surface area contributed by atoms with Gasteiger partial charge in [0.1, 0.15) is 11.4 Å². The number of allylic oxidation sites excluding steroid dienone is 1. The van der Waals surface area contributed by atoms with Crippen LogP contribution in [0, 0.1) is 11.8 Å². The van der Waals surface area contributed by atoms with Crippen LogP contribution in [-0.2, 0) is 19.1 Å². The van der Waals surface area contributed by atoms with Gasteiger partial charge in [-0.1, -0.05) is 0 Å². The molecule has 2 saturated heterocycles. The summed E-state index contributed by atoms with van der Waals surface area (Å²) in [5.41, 5.74) is -0.739. The van der Waals surface area contributed by atoms with Crippen LogP contribution in [0.5, 0.6) is 0 Å². The third-order valence-electron chi connectivity index (χ3n) is 4.95. The highest BCUT2D eigenvalue weighted by molar-refractivity contribution is 6.13. The van der Waals surface area contributed by atoms with Gasteiger partial charge in [-0.15, -0.1) is 0 Å². The van der Waals surface area contributed by atoms with Crippen LogP contribution in [0.3, 0.4) is 0 Å². The van der Waals surface area contributed by atoms with Crippen LogP contribution in [0.1, 0.15) is 32.1 Å². The number of ketones is 3. The van der Waals surface area contributed by atoms with Crippen molar-refractivity contribution >= 4 is 17.3 Å². The van der Waals surface area contributed by atoms with Gasteiger partial charge in [-0.3, -0.25) is 14.4 Å². The summed E-state index contributed by atoms with van der Waals surface area (Å²) in [6.45, 7) is 0. The Kier molecular flexibility index (Phi) is 1.95. The van der Waals surface area contributed by atoms with Gasteiger partial charge in [0.25, 0.3) is 0 Å². The summed E-state index contributed by atoms with van der Waals surface area (Å²) >= 11 is 0. The normalized spacial score (nSPS) is 48.1. The summed E-state index contributed by atoms with van der Waals surface area (Å²) in [7, 11) is 0. The monoisotopic (exact) mass is 262 g/mol. The van der Waals surface area contributed by atoms with Crippen LogP contribution in [0.2, 0.25) is 0 Å². The zero-order valence-electron chi connectivity index (χ0n) is 10.3. The van der Waals surface area contributed by atoms with E-state index in [9.17, 15) is 19.5 Å². The van der Waals surface area contributed by atoms with Crippen LogP contribution >= 0.6 is 0 Å². The molecule has 2 bridgehead atoms. The van der Waals surface area contributed by atoms with E-state index in [2.05, 4.69) is 0 Å². The molecule has 19 heavy (non-hydrogen) atoms. The molecule has 0 amide bonds. The number of ether oxygens (including phenoxy) is 1. The Bertz CT molecular complexity index is 562. The fourth-order valence-electron chi connectivity index (χ4n) is 4.27. The van der Waals surface area contributed by atoms with Crippen LogP contribution in [0.4, 0.5) is 0 Å². The van der Waals surface area contributed by atoms with Gasteiger partial charge in [0, 0.05) is 43.6 Å². The average molecular weight is 262 g/mol. The minimum absolute atomic E-state index is 0.00349. The molecule has 1 spiro atoms. The van der Waals surface area contributed by atoms with Gasteiger partial charge < -0.3 is 9.84 Å². The molecule has 100 valence electrons. The SMILES string of the molecule is O=C1C=C2C(=O)[C@]34CC(=O)C[C@H]3C[C@](O)(C[C@H]2C1)O4. The second-order valence-electron chi connectivity index (χ2n) is 6.26. The maximum atomic E-state index is 12.7. The van der Waals surface area contributed by atoms with E-state index in [1.807, 2.05) is 0 Å². The molecular formula is C14H14O5. The van der Waals surface area contributed by atoms with E-state index in [4.69, 9.17) is 4.74 Å². The molecule has 1 saturated carbocycles. The van der Waals surface area contributed by atoms with Crippen LogP contribution in [0.25, 0.3) is 0 Å². The molecule has 1 N–H and O–H groups in total. The lowest BCUT2D eigenvalue weighted by Gasteiger charge is -2.26. The first-order valence-electron chi connectivity index (χ1n) is 6.65. The number of rotatable bonds is 0. The first kappa shape index (κ1) is 11.5. The van der Waals surface area contributed by atoms with Crippen molar-refractivity contribution < 1.29 is 24.2 Å². The van der Waals surface area contributed by atoms with E-state index >= 15 is 0 Å². The molecule has 4 rings (SSSR count). The molecule has 0 aromatic rings. The molecule has 0 aromatic carbocycles. The molecule has 0 unspecified atom stereocenters. The Balaban J connectivity index is 1.86. The lowest BCUT2D eigenvalue weighted by molar-refractivity contribution is -0.221. The van der Waals surface area contributed by atoms with Crippen molar-refractivity contribution in [3.8, 4) is 0 Å². The summed E-state index contributed by atoms with van der Waals surface area (Å²) in [5, 5.41) is 10.5. The summed E-state index contributed by atoms with van der Waals surface area (Å²) in [4.78, 5) is 35.9. The van der Waals surface area contributed by atoms with Crippen molar-refractivity contribution in [2.24, 2.45) is 11.8 Å². The molecular weight excluding hydrogens is 248 g/mol. The van der Waals surface area contributed by atoms with E-state index in [0.29, 0.717) is 18.4 Å². The Labute approximate surface area is 109 Å². The number of hydrogen-bond donors (Lipinski definition) is 1. The van der Waals surface area contributed by atoms with E-state index in [1.165, 1.54) is 6.08 Å². The summed E-state index contributed by atoms with van der Waals surface area (Å²) in [6.07, 6.45) is 2.58. The quantitative estimate of drug-likeness (QED) is 0.679. The minimum atomic E-state index is -1.36. The maximum Gasteiger partial charge on any atom is 0.191 e. The maximum absolute atomic E-state index is 12.7. The molecule has 2 heterocycles. The first-order valence-corrected chi connectivity index (χ1v) is 6.65. The Morgan fingerprint density at radius 2 is 2.00 bits per heavy atom. The standard InChI is InChI=1S/C14H14O5/c15-9-1-7-4-13(18)5-8-2-10(16)6-14(8,19-13)12(17)11(7)3-9/h3,7-8,18H,1-2,4-6H2/t7-,8+,13+,14+/m1/s1. The van der Waals surface area contributed by atoms with Gasteiger partial charge in [-0.25, -0.2) is 0 Å². The molecule has 5 nitrogen and oxygen atoms in total. The highest BCUT2D eigenvalue weighted by Gasteiger charge is 2.67. The largest absolute Gasteiger partial charge is 0.365 e. The third kappa shape index (κ3) is 1.34. The highest BCUT2D eigenvalue weighted by atomic mass is 16.6. The van der Waals surface area contributed by atoms with Gasteiger partial charge in [0.15, 0.2) is 17.4 Å². The van der Waals surface area contributed by atoms with E-state index in [1.54, 1.807) is 0 Å². The van der Waals surface area contributed by atoms with Crippen molar-refractivity contribution in [2.45, 2.75) is 43.5 Å². The van der Waals surface area contributed by atoms with Gasteiger partial charge in [0.2, 0.25) is 0 Å². The van der Waals surface area contributed by atoms with Crippen LogP contribution in [0.15, 0.2) is 11.6 Å². The van der Waals surface area contributed by atoms with Crippen LogP contribution < -0.4 is 0 Å². The Hall–Kier alpha value is -1.33. The topological polar surface area (TPSA) is 80.7 Å². The van der Waals surface area contributed by atoms with Crippen molar-refractivity contribution in [2.75, 3.05) is 0 Å². The number of carbonyl (C=O) groups is 3. The molecule has 0 radical (unpaired) electrons. The number of fused-ring (bicyclic) bond motifs is 2. The predicted molar refractivity (Wildman–Crippen MR) is 61.9 cm³/mol. The van der Waals surface area contributed by atoms with Crippen molar-refractivity contribution in [1.82, 2.24) is 0 Å². The lowest BCUT2D eigenvalue weighted by atomic mass is 9.76. The van der Waals surface area contributed by atoms with Gasteiger partial charge in [-0.2, -0.15) is 0 Å². The predicted octanol–water partition coefficient (Wildman–Crippen LogP) is 0.301. The van der Waals surface area contributed by atoms with Crippen molar-refractivity contribution in [3.63, 3.8) is 0 Å². The molecule has 3 fully saturated rings. The van der Waals surface area contributed by atoms with Crippen LogP contribution in [-0.4, -0.2) is 33.8 Å². The third-order valence-corrected chi connectivity index (χ3v) is 4.95. The summed E-state index contributed by atoms with van der Waals surface area (Å²) in [6, 6.07) is 0. The molecule has 4 aliphatic rings. The zero-order valence-corrected chi connectivity index (χ0v) is 10.3. The van der Waals surface area contributed by atoms with Gasteiger partial charge in [0.05, 0.1) is 0 Å². The molecule has 2 aliphatic heterocycles. The highest BCUT2D eigenvalue weighted by Crippen LogP contribution is 2.57. The second-order valence-corrected chi connectivity index (χ2v) is 6.26. The smallest absolute Gasteiger partial charge is 0.191 e. The lowest BCUT2D eigenvalue weighted by Crippen LogP contribution is -2.42. The number of carbonyl (C=O) groups excluding carboxylic acids is 3. The Morgan fingerprint density at radius 1 is 1.21 bits per heavy atom. The van der Waals surface area contributed by atoms with E-state index in [0.717, 1.165) is 0 Å². The molecule has 2 aliphatic carbocycles. The molecule has 4 atom stereocenters. The fraction of sp³-hybridized carbons (Fsp3) is 0.643.